The average Bonchev–Trinajstić information content (AvgIpc) is 2.82. The Balaban J connectivity index is 1.89. The van der Waals surface area contributed by atoms with E-state index in [2.05, 4.69) is 5.32 Å². The summed E-state index contributed by atoms with van der Waals surface area (Å²) in [5.74, 6) is -0.300. The van der Waals surface area contributed by atoms with Gasteiger partial charge in [-0.2, -0.15) is 0 Å². The van der Waals surface area contributed by atoms with Gasteiger partial charge in [-0.15, -0.1) is 0 Å². The smallest absolute Gasteiger partial charge is 0.242 e. The van der Waals surface area contributed by atoms with Crippen LogP contribution >= 0.6 is 23.2 Å². The molecule has 0 radical (unpaired) electrons. The molecule has 0 unspecified atom stereocenters. The van der Waals surface area contributed by atoms with E-state index in [9.17, 15) is 9.59 Å². The van der Waals surface area contributed by atoms with Crippen molar-refractivity contribution in [3.63, 3.8) is 0 Å². The molecular formula is C26H26Cl2N2O2. The monoisotopic (exact) mass is 468 g/mol. The first-order valence-electron chi connectivity index (χ1n) is 10.5. The number of halogens is 2. The van der Waals surface area contributed by atoms with Crippen LogP contribution in [-0.2, 0) is 29.0 Å². The lowest BCUT2D eigenvalue weighted by molar-refractivity contribution is -0.141. The third kappa shape index (κ3) is 6.59. The number of rotatable bonds is 9. The van der Waals surface area contributed by atoms with E-state index in [0.717, 1.165) is 16.7 Å². The Morgan fingerprint density at radius 1 is 0.844 bits per heavy atom. The maximum Gasteiger partial charge on any atom is 0.242 e. The second-order valence-electron chi connectivity index (χ2n) is 7.58. The summed E-state index contributed by atoms with van der Waals surface area (Å²) in [6.45, 7) is 0.259. The number of benzene rings is 3. The van der Waals surface area contributed by atoms with E-state index >= 15 is 0 Å². The zero-order valence-electron chi connectivity index (χ0n) is 17.9. The maximum absolute atomic E-state index is 13.4. The summed E-state index contributed by atoms with van der Waals surface area (Å²) < 4.78 is 0. The highest BCUT2D eigenvalue weighted by atomic mass is 35.5. The molecule has 0 aliphatic carbocycles. The van der Waals surface area contributed by atoms with Crippen LogP contribution < -0.4 is 5.32 Å². The summed E-state index contributed by atoms with van der Waals surface area (Å²) in [5, 5.41) is 3.59. The van der Waals surface area contributed by atoms with E-state index in [1.54, 1.807) is 24.1 Å². The van der Waals surface area contributed by atoms with Crippen molar-refractivity contribution in [1.82, 2.24) is 10.2 Å². The van der Waals surface area contributed by atoms with Gasteiger partial charge in [0.15, 0.2) is 0 Å². The van der Waals surface area contributed by atoms with Crippen LogP contribution in [0.15, 0.2) is 78.9 Å². The number of carbonyl (C=O) groups excluding carboxylic acids is 2. The number of carbonyl (C=O) groups is 2. The van der Waals surface area contributed by atoms with Crippen LogP contribution in [-0.4, -0.2) is 29.8 Å². The number of aryl methyl sites for hydroxylation is 1. The standard InChI is InChI=1S/C26H26Cl2N2O2/c1-29-26(32)24(17-20-10-6-3-7-11-20)30(18-21-12-14-22(27)23(28)16-21)25(31)15-13-19-8-4-2-5-9-19/h2-12,14,16,24H,13,15,17-18H2,1H3,(H,29,32)/t24-/m0/s1. The molecule has 32 heavy (non-hydrogen) atoms. The Labute approximate surface area is 199 Å². The number of hydrogen-bond donors (Lipinski definition) is 1. The first kappa shape index (κ1) is 23.8. The van der Waals surface area contributed by atoms with Crippen LogP contribution in [0.25, 0.3) is 0 Å². The van der Waals surface area contributed by atoms with Crippen molar-refractivity contribution in [2.24, 2.45) is 0 Å². The van der Waals surface area contributed by atoms with E-state index in [4.69, 9.17) is 23.2 Å². The van der Waals surface area contributed by atoms with Crippen molar-refractivity contribution >= 4 is 35.0 Å². The minimum atomic E-state index is -0.653. The number of hydrogen-bond acceptors (Lipinski definition) is 2. The molecule has 166 valence electrons. The summed E-state index contributed by atoms with van der Waals surface area (Å²) in [6.07, 6.45) is 1.32. The Bertz CT molecular complexity index is 1040. The first-order chi connectivity index (χ1) is 15.5. The minimum Gasteiger partial charge on any atom is -0.357 e. The zero-order valence-corrected chi connectivity index (χ0v) is 19.4. The Morgan fingerprint density at radius 3 is 2.06 bits per heavy atom. The molecule has 0 heterocycles. The van der Waals surface area contributed by atoms with Gasteiger partial charge in [0.2, 0.25) is 11.8 Å². The third-order valence-electron chi connectivity index (χ3n) is 5.32. The summed E-state index contributed by atoms with van der Waals surface area (Å²) in [6, 6.07) is 24.2. The van der Waals surface area contributed by atoms with Gasteiger partial charge in [0.1, 0.15) is 6.04 Å². The predicted octanol–water partition coefficient (Wildman–Crippen LogP) is 5.31. The molecule has 3 aromatic carbocycles. The molecule has 0 saturated carbocycles. The van der Waals surface area contributed by atoms with E-state index in [-0.39, 0.29) is 18.4 Å². The molecule has 1 atom stereocenters. The number of nitrogens with zero attached hydrogens (tertiary/aromatic N) is 1. The fraction of sp³-hybridized carbons (Fsp3) is 0.231. The zero-order chi connectivity index (χ0) is 22.9. The van der Waals surface area contributed by atoms with E-state index in [1.165, 1.54) is 0 Å². The van der Waals surface area contributed by atoms with Gasteiger partial charge in [0.25, 0.3) is 0 Å². The second kappa shape index (κ2) is 11.7. The Morgan fingerprint density at radius 2 is 1.47 bits per heavy atom. The van der Waals surface area contributed by atoms with Gasteiger partial charge in [0, 0.05) is 26.4 Å². The summed E-state index contributed by atoms with van der Waals surface area (Å²) in [5.41, 5.74) is 2.88. The number of nitrogens with one attached hydrogen (secondary N) is 1. The molecule has 0 spiro atoms. The molecule has 2 amide bonds. The van der Waals surface area contributed by atoms with Gasteiger partial charge in [-0.1, -0.05) is 89.9 Å². The minimum absolute atomic E-state index is 0.0931. The van der Waals surface area contributed by atoms with Crippen LogP contribution in [0.5, 0.6) is 0 Å². The molecule has 0 aliphatic rings. The van der Waals surface area contributed by atoms with Crippen LogP contribution in [0.1, 0.15) is 23.1 Å². The third-order valence-corrected chi connectivity index (χ3v) is 6.06. The molecule has 3 rings (SSSR count). The molecule has 6 heteroatoms. The molecule has 0 fully saturated rings. The van der Waals surface area contributed by atoms with Gasteiger partial charge in [-0.05, 0) is 35.2 Å². The molecule has 0 aromatic heterocycles. The molecule has 1 N–H and O–H groups in total. The molecule has 0 aliphatic heterocycles. The van der Waals surface area contributed by atoms with Crippen molar-refractivity contribution in [2.75, 3.05) is 7.05 Å². The lowest BCUT2D eigenvalue weighted by Crippen LogP contribution is -2.49. The van der Waals surface area contributed by atoms with Crippen molar-refractivity contribution < 1.29 is 9.59 Å². The van der Waals surface area contributed by atoms with E-state index in [1.807, 2.05) is 66.7 Å². The quantitative estimate of drug-likeness (QED) is 0.462. The summed E-state index contributed by atoms with van der Waals surface area (Å²) in [4.78, 5) is 28.0. The van der Waals surface area contributed by atoms with Crippen LogP contribution in [0, 0.1) is 0 Å². The van der Waals surface area contributed by atoms with Crippen molar-refractivity contribution in [2.45, 2.75) is 31.8 Å². The molecule has 0 saturated heterocycles. The van der Waals surface area contributed by atoms with Gasteiger partial charge in [-0.25, -0.2) is 0 Å². The van der Waals surface area contributed by atoms with Gasteiger partial charge in [0.05, 0.1) is 10.0 Å². The maximum atomic E-state index is 13.4. The van der Waals surface area contributed by atoms with Gasteiger partial charge in [-0.3, -0.25) is 9.59 Å². The molecule has 3 aromatic rings. The molecule has 4 nitrogen and oxygen atoms in total. The second-order valence-corrected chi connectivity index (χ2v) is 8.39. The van der Waals surface area contributed by atoms with Crippen molar-refractivity contribution in [3.8, 4) is 0 Å². The van der Waals surface area contributed by atoms with Crippen LogP contribution in [0.3, 0.4) is 0 Å². The predicted molar refractivity (Wildman–Crippen MR) is 130 cm³/mol. The lowest BCUT2D eigenvalue weighted by Gasteiger charge is -2.31. The highest BCUT2D eigenvalue weighted by Crippen LogP contribution is 2.24. The van der Waals surface area contributed by atoms with Crippen molar-refractivity contribution in [3.05, 3.63) is 106 Å². The normalized spacial score (nSPS) is 11.6. The first-order valence-corrected chi connectivity index (χ1v) is 11.3. The fourth-order valence-electron chi connectivity index (χ4n) is 3.59. The topological polar surface area (TPSA) is 49.4 Å². The molecular weight excluding hydrogens is 443 g/mol. The Hall–Kier alpha value is -2.82. The highest BCUT2D eigenvalue weighted by Gasteiger charge is 2.29. The van der Waals surface area contributed by atoms with Gasteiger partial charge < -0.3 is 10.2 Å². The highest BCUT2D eigenvalue weighted by molar-refractivity contribution is 6.42. The summed E-state index contributed by atoms with van der Waals surface area (Å²) in [7, 11) is 1.59. The van der Waals surface area contributed by atoms with E-state index < -0.39 is 6.04 Å². The SMILES string of the molecule is CNC(=O)[C@H](Cc1ccccc1)N(Cc1ccc(Cl)c(Cl)c1)C(=O)CCc1ccccc1. The lowest BCUT2D eigenvalue weighted by atomic mass is 10.0. The Kier molecular flexibility index (Phi) is 8.72. The van der Waals surface area contributed by atoms with Crippen LogP contribution in [0.4, 0.5) is 0 Å². The largest absolute Gasteiger partial charge is 0.357 e. The summed E-state index contributed by atoms with van der Waals surface area (Å²) >= 11 is 12.3. The van der Waals surface area contributed by atoms with Crippen molar-refractivity contribution in [1.29, 1.82) is 0 Å². The van der Waals surface area contributed by atoms with E-state index in [0.29, 0.717) is 29.3 Å². The average molecular weight is 469 g/mol. The number of amides is 2. The fourth-order valence-corrected chi connectivity index (χ4v) is 3.92. The van der Waals surface area contributed by atoms with Crippen LogP contribution in [0.2, 0.25) is 10.0 Å². The molecule has 0 bridgehead atoms. The number of likely N-dealkylation sites (N-methyl/N-ethyl adjacent to an activating group) is 1. The van der Waals surface area contributed by atoms with Gasteiger partial charge >= 0.3 is 0 Å².